The number of ether oxygens (including phenoxy) is 1. The lowest BCUT2D eigenvalue weighted by atomic mass is 10.0. The molecule has 128 valence electrons. The van der Waals surface area contributed by atoms with Gasteiger partial charge in [-0.15, -0.1) is 0 Å². The van der Waals surface area contributed by atoms with Gasteiger partial charge in [0.05, 0.1) is 22.8 Å². The van der Waals surface area contributed by atoms with Crippen LogP contribution in [0.3, 0.4) is 0 Å². The molecule has 0 amide bonds. The molecule has 1 aliphatic rings. The summed E-state index contributed by atoms with van der Waals surface area (Å²) in [5.41, 5.74) is 2.96. The highest BCUT2D eigenvalue weighted by atomic mass is 35.5. The number of halogens is 1. The van der Waals surface area contributed by atoms with Crippen LogP contribution in [-0.4, -0.2) is 39.6 Å². The van der Waals surface area contributed by atoms with E-state index in [-0.39, 0.29) is 0 Å². The van der Waals surface area contributed by atoms with Gasteiger partial charge in [0.25, 0.3) is 0 Å². The third-order valence-electron chi connectivity index (χ3n) is 4.28. The molecule has 0 radical (unpaired) electrons. The molecular formula is C18H18ClN5O. The molecule has 4 rings (SSSR count). The molecule has 25 heavy (non-hydrogen) atoms. The molecule has 1 saturated heterocycles. The Morgan fingerprint density at radius 3 is 2.96 bits per heavy atom. The van der Waals surface area contributed by atoms with Crippen LogP contribution >= 0.6 is 11.6 Å². The third-order valence-corrected chi connectivity index (χ3v) is 4.49. The molecule has 1 aliphatic heterocycles. The zero-order valence-electron chi connectivity index (χ0n) is 13.7. The van der Waals surface area contributed by atoms with E-state index in [1.807, 2.05) is 12.1 Å². The largest absolute Gasteiger partial charge is 0.476 e. The minimum atomic E-state index is 0.485. The first kappa shape index (κ1) is 16.2. The Labute approximate surface area is 150 Å². The number of pyridine rings is 2. The van der Waals surface area contributed by atoms with Gasteiger partial charge in [0.1, 0.15) is 0 Å². The fourth-order valence-electron chi connectivity index (χ4n) is 3.01. The van der Waals surface area contributed by atoms with Gasteiger partial charge in [0, 0.05) is 42.8 Å². The maximum absolute atomic E-state index is 6.06. The van der Waals surface area contributed by atoms with Crippen molar-refractivity contribution >= 4 is 22.6 Å². The van der Waals surface area contributed by atoms with Gasteiger partial charge >= 0.3 is 0 Å². The van der Waals surface area contributed by atoms with Crippen LogP contribution in [0, 0.1) is 5.92 Å². The Morgan fingerprint density at radius 2 is 2.12 bits per heavy atom. The highest BCUT2D eigenvalue weighted by Crippen LogP contribution is 2.28. The molecule has 6 nitrogen and oxygen atoms in total. The van der Waals surface area contributed by atoms with E-state index in [9.17, 15) is 0 Å². The first-order valence-corrected chi connectivity index (χ1v) is 8.73. The number of hydrogen-bond acceptors (Lipinski definition) is 6. The average Bonchev–Trinajstić information content (AvgIpc) is 2.67. The molecule has 1 atom stereocenters. The number of hydrogen-bond donors (Lipinski definition) is 1. The fourth-order valence-corrected chi connectivity index (χ4v) is 3.18. The summed E-state index contributed by atoms with van der Waals surface area (Å²) in [5, 5.41) is 3.96. The number of nitrogens with zero attached hydrogens (tertiary/aromatic N) is 4. The fraction of sp³-hybridized carbons (Fsp3) is 0.333. The van der Waals surface area contributed by atoms with E-state index in [0.29, 0.717) is 28.9 Å². The third kappa shape index (κ3) is 3.70. The first-order valence-electron chi connectivity index (χ1n) is 8.36. The molecule has 1 N–H and O–H groups in total. The van der Waals surface area contributed by atoms with Gasteiger partial charge in [-0.05, 0) is 31.5 Å². The van der Waals surface area contributed by atoms with Gasteiger partial charge in [-0.25, -0.2) is 9.97 Å². The zero-order chi connectivity index (χ0) is 17.1. The lowest BCUT2D eigenvalue weighted by Gasteiger charge is -2.22. The summed E-state index contributed by atoms with van der Waals surface area (Å²) in [6.45, 7) is 2.67. The average molecular weight is 356 g/mol. The SMILES string of the molecule is Clc1cncc(-c2cc3nccnc3c(OC[C@H]3CCCNC3)n2)c1. The highest BCUT2D eigenvalue weighted by molar-refractivity contribution is 6.30. The van der Waals surface area contributed by atoms with Crippen molar-refractivity contribution in [3.05, 3.63) is 41.9 Å². The number of fused-ring (bicyclic) bond motifs is 1. The van der Waals surface area contributed by atoms with Crippen molar-refractivity contribution in [3.63, 3.8) is 0 Å². The van der Waals surface area contributed by atoms with E-state index in [1.54, 1.807) is 24.8 Å². The van der Waals surface area contributed by atoms with Crippen LogP contribution in [0.4, 0.5) is 0 Å². The van der Waals surface area contributed by atoms with Crippen LogP contribution in [0.15, 0.2) is 36.9 Å². The number of aromatic nitrogens is 4. The zero-order valence-corrected chi connectivity index (χ0v) is 14.4. The lowest BCUT2D eigenvalue weighted by Crippen LogP contribution is -2.33. The van der Waals surface area contributed by atoms with Gasteiger partial charge < -0.3 is 10.1 Å². The van der Waals surface area contributed by atoms with E-state index in [0.717, 1.165) is 36.3 Å². The summed E-state index contributed by atoms with van der Waals surface area (Å²) in [6.07, 6.45) is 8.98. The molecule has 3 aromatic heterocycles. The normalized spacial score (nSPS) is 17.6. The van der Waals surface area contributed by atoms with E-state index in [2.05, 4.69) is 25.3 Å². The predicted octanol–water partition coefficient (Wildman–Crippen LogP) is 3.12. The van der Waals surface area contributed by atoms with E-state index in [4.69, 9.17) is 16.3 Å². The molecule has 7 heteroatoms. The Morgan fingerprint density at radius 1 is 1.20 bits per heavy atom. The smallest absolute Gasteiger partial charge is 0.242 e. The summed E-state index contributed by atoms with van der Waals surface area (Å²) < 4.78 is 6.04. The topological polar surface area (TPSA) is 72.8 Å². The summed E-state index contributed by atoms with van der Waals surface area (Å²) in [5.74, 6) is 0.991. The van der Waals surface area contributed by atoms with Crippen molar-refractivity contribution in [1.29, 1.82) is 0 Å². The Balaban J connectivity index is 1.68. The Kier molecular flexibility index (Phi) is 4.72. The standard InChI is InChI=1S/C18H18ClN5O/c19-14-6-13(9-21-10-14)15-7-16-17(23-5-4-22-16)18(24-15)25-11-12-2-1-3-20-8-12/h4-7,9-10,12,20H,1-3,8,11H2/t12-/m0/s1. The van der Waals surface area contributed by atoms with Crippen LogP contribution in [0.25, 0.3) is 22.3 Å². The second-order valence-corrected chi connectivity index (χ2v) is 6.59. The molecule has 3 aromatic rings. The molecule has 0 spiro atoms. The summed E-state index contributed by atoms with van der Waals surface area (Å²) >= 11 is 6.06. The quantitative estimate of drug-likeness (QED) is 0.775. The van der Waals surface area contributed by atoms with Gasteiger partial charge in [-0.1, -0.05) is 11.6 Å². The molecular weight excluding hydrogens is 338 g/mol. The van der Waals surface area contributed by atoms with Crippen molar-refractivity contribution in [3.8, 4) is 17.1 Å². The van der Waals surface area contributed by atoms with Crippen LogP contribution in [0.2, 0.25) is 5.02 Å². The maximum Gasteiger partial charge on any atom is 0.242 e. The molecule has 0 bridgehead atoms. The van der Waals surface area contributed by atoms with Gasteiger partial charge in [-0.2, -0.15) is 0 Å². The molecule has 0 aliphatic carbocycles. The predicted molar refractivity (Wildman–Crippen MR) is 96.7 cm³/mol. The molecule has 4 heterocycles. The summed E-state index contributed by atoms with van der Waals surface area (Å²) in [4.78, 5) is 17.6. The monoisotopic (exact) mass is 355 g/mol. The molecule has 0 unspecified atom stereocenters. The van der Waals surface area contributed by atoms with Gasteiger partial charge in [0.2, 0.25) is 5.88 Å². The number of nitrogens with one attached hydrogen (secondary N) is 1. The first-order chi connectivity index (χ1) is 12.3. The minimum Gasteiger partial charge on any atom is -0.476 e. The molecule has 1 fully saturated rings. The molecule has 0 saturated carbocycles. The maximum atomic E-state index is 6.06. The van der Waals surface area contributed by atoms with Crippen molar-refractivity contribution in [2.24, 2.45) is 5.92 Å². The second kappa shape index (κ2) is 7.29. The van der Waals surface area contributed by atoms with Crippen molar-refractivity contribution in [1.82, 2.24) is 25.3 Å². The molecule has 0 aromatic carbocycles. The van der Waals surface area contributed by atoms with E-state index < -0.39 is 0 Å². The minimum absolute atomic E-state index is 0.485. The van der Waals surface area contributed by atoms with E-state index >= 15 is 0 Å². The number of piperidine rings is 1. The lowest BCUT2D eigenvalue weighted by molar-refractivity contribution is 0.214. The van der Waals surface area contributed by atoms with Crippen LogP contribution in [-0.2, 0) is 0 Å². The van der Waals surface area contributed by atoms with Crippen LogP contribution in [0.5, 0.6) is 5.88 Å². The van der Waals surface area contributed by atoms with Crippen molar-refractivity contribution in [2.45, 2.75) is 12.8 Å². The highest BCUT2D eigenvalue weighted by Gasteiger charge is 2.16. The van der Waals surface area contributed by atoms with Crippen molar-refractivity contribution in [2.75, 3.05) is 19.7 Å². The van der Waals surface area contributed by atoms with Crippen molar-refractivity contribution < 1.29 is 4.74 Å². The van der Waals surface area contributed by atoms with Gasteiger partial charge in [0.15, 0.2) is 5.52 Å². The van der Waals surface area contributed by atoms with Crippen LogP contribution < -0.4 is 10.1 Å². The van der Waals surface area contributed by atoms with E-state index in [1.165, 1.54) is 6.42 Å². The summed E-state index contributed by atoms with van der Waals surface area (Å²) in [6, 6.07) is 3.71. The summed E-state index contributed by atoms with van der Waals surface area (Å²) in [7, 11) is 0. The number of rotatable bonds is 4. The Bertz CT molecular complexity index is 882. The second-order valence-electron chi connectivity index (χ2n) is 6.15. The van der Waals surface area contributed by atoms with Gasteiger partial charge in [-0.3, -0.25) is 9.97 Å². The van der Waals surface area contributed by atoms with Crippen LogP contribution in [0.1, 0.15) is 12.8 Å². The Hall–Kier alpha value is -2.31.